The number of phenols is 1. The maximum absolute atomic E-state index is 13.3. The van der Waals surface area contributed by atoms with Crippen LogP contribution >= 0.6 is 11.8 Å². The number of phenolic OH excluding ortho intramolecular Hbond substituents is 1. The summed E-state index contributed by atoms with van der Waals surface area (Å²) in [6.45, 7) is 0. The lowest BCUT2D eigenvalue weighted by Crippen LogP contribution is -2.45. The van der Waals surface area contributed by atoms with Crippen LogP contribution < -0.4 is 4.74 Å². The minimum absolute atomic E-state index is 0.0122. The fraction of sp³-hybridized carbons (Fsp3) is 0.385. The van der Waals surface area contributed by atoms with E-state index in [1.165, 1.54) is 16.8 Å². The lowest BCUT2D eigenvalue weighted by molar-refractivity contribution is -0.166. The zero-order valence-corrected chi connectivity index (χ0v) is 20.8. The molecular weight excluding hydrogens is 480 g/mol. The average molecular weight is 509 g/mol. The van der Waals surface area contributed by atoms with Crippen molar-refractivity contribution in [3.05, 3.63) is 64.8 Å². The number of hydrogen-bond acceptors (Lipinski definition) is 9. The van der Waals surface area contributed by atoms with Crippen LogP contribution in [0.4, 0.5) is 0 Å². The standard InChI is InChI=1S/C26H28N4O5S/c1-34-21-12-6-17(7-13-21)14-15-26(18-4-2-3-5-18)16-22(32)23(24(33)35-26)36-25-27-28-29-30(25)19-8-10-20(31)11-9-19/h6-13,18,31-32H,2-5,14-16H2,1H3. The van der Waals surface area contributed by atoms with Crippen molar-refractivity contribution in [2.75, 3.05) is 7.11 Å². The molecule has 1 saturated carbocycles. The van der Waals surface area contributed by atoms with Crippen molar-refractivity contribution in [1.29, 1.82) is 0 Å². The highest BCUT2D eigenvalue weighted by atomic mass is 32.2. The molecule has 0 radical (unpaired) electrons. The number of thioether (sulfide) groups is 1. The second kappa shape index (κ2) is 10.2. The molecule has 1 aliphatic carbocycles. The Hall–Kier alpha value is -3.53. The van der Waals surface area contributed by atoms with Crippen LogP contribution in [0.2, 0.25) is 0 Å². The largest absolute Gasteiger partial charge is 0.511 e. The van der Waals surface area contributed by atoms with Crippen molar-refractivity contribution in [2.24, 2.45) is 5.92 Å². The summed E-state index contributed by atoms with van der Waals surface area (Å²) in [5.41, 5.74) is 0.996. The monoisotopic (exact) mass is 508 g/mol. The molecule has 2 aliphatic rings. The first-order chi connectivity index (χ1) is 17.5. The van der Waals surface area contributed by atoms with Gasteiger partial charge in [-0.15, -0.1) is 5.10 Å². The van der Waals surface area contributed by atoms with Crippen LogP contribution in [0, 0.1) is 5.92 Å². The molecule has 1 fully saturated rings. The third kappa shape index (κ3) is 4.90. The predicted molar refractivity (Wildman–Crippen MR) is 133 cm³/mol. The number of carbonyl (C=O) groups is 1. The number of aryl methyl sites for hydroxylation is 1. The molecule has 0 saturated heterocycles. The number of benzene rings is 2. The second-order valence-electron chi connectivity index (χ2n) is 9.23. The van der Waals surface area contributed by atoms with E-state index in [2.05, 4.69) is 15.5 Å². The van der Waals surface area contributed by atoms with Gasteiger partial charge in [-0.25, -0.2) is 4.79 Å². The summed E-state index contributed by atoms with van der Waals surface area (Å²) >= 11 is 0.980. The molecule has 1 atom stereocenters. The van der Waals surface area contributed by atoms with E-state index in [1.54, 1.807) is 19.2 Å². The molecule has 9 nitrogen and oxygen atoms in total. The zero-order chi connectivity index (χ0) is 25.1. The number of esters is 1. The highest BCUT2D eigenvalue weighted by Crippen LogP contribution is 2.47. The summed E-state index contributed by atoms with van der Waals surface area (Å²) in [6.07, 6.45) is 5.77. The fourth-order valence-corrected chi connectivity index (χ4v) is 5.91. The number of tetrazole rings is 1. The molecule has 5 rings (SSSR count). The number of aliphatic hydroxyl groups is 1. The summed E-state index contributed by atoms with van der Waals surface area (Å²) in [6, 6.07) is 14.3. The van der Waals surface area contributed by atoms with E-state index >= 15 is 0 Å². The number of nitrogens with zero attached hydrogens (tertiary/aromatic N) is 4. The lowest BCUT2D eigenvalue weighted by atomic mass is 9.77. The lowest BCUT2D eigenvalue weighted by Gasteiger charge is -2.41. The number of ether oxygens (including phenoxy) is 2. The normalized spacial score (nSPS) is 20.5. The zero-order valence-electron chi connectivity index (χ0n) is 20.0. The average Bonchev–Trinajstić information content (AvgIpc) is 3.59. The maximum atomic E-state index is 13.3. The highest BCUT2D eigenvalue weighted by molar-refractivity contribution is 8.03. The summed E-state index contributed by atoms with van der Waals surface area (Å²) in [5, 5.41) is 32.7. The van der Waals surface area contributed by atoms with E-state index in [-0.39, 0.29) is 28.8 Å². The number of aliphatic hydroxyl groups excluding tert-OH is 1. The number of hydrogen-bond donors (Lipinski definition) is 2. The third-order valence-electron chi connectivity index (χ3n) is 7.03. The number of methoxy groups -OCH3 is 1. The van der Waals surface area contributed by atoms with Crippen LogP contribution in [0.1, 0.15) is 44.1 Å². The van der Waals surface area contributed by atoms with Crippen molar-refractivity contribution in [3.63, 3.8) is 0 Å². The minimum Gasteiger partial charge on any atom is -0.511 e. The van der Waals surface area contributed by atoms with E-state index in [0.717, 1.165) is 55.2 Å². The van der Waals surface area contributed by atoms with Gasteiger partial charge in [0.05, 0.1) is 12.8 Å². The number of aromatic nitrogens is 4. The fourth-order valence-electron chi connectivity index (χ4n) is 5.11. The van der Waals surface area contributed by atoms with E-state index in [4.69, 9.17) is 9.47 Å². The molecule has 0 amide bonds. The van der Waals surface area contributed by atoms with Crippen molar-refractivity contribution in [1.82, 2.24) is 20.2 Å². The quantitative estimate of drug-likeness (QED) is 0.416. The van der Waals surface area contributed by atoms with Gasteiger partial charge in [-0.3, -0.25) is 0 Å². The summed E-state index contributed by atoms with van der Waals surface area (Å²) < 4.78 is 12.9. The van der Waals surface area contributed by atoms with Gasteiger partial charge in [-0.2, -0.15) is 4.68 Å². The Morgan fingerprint density at radius 2 is 1.83 bits per heavy atom. The number of carbonyl (C=O) groups excluding carboxylic acids is 1. The molecule has 2 heterocycles. The summed E-state index contributed by atoms with van der Waals surface area (Å²) in [7, 11) is 1.64. The summed E-state index contributed by atoms with van der Waals surface area (Å²) in [5.74, 6) is 0.583. The number of cyclic esters (lactones) is 1. The SMILES string of the molecule is COc1ccc(CCC2(C3CCCC3)CC(O)=C(Sc3nnnn3-c3ccc(O)cc3)C(=O)O2)cc1. The van der Waals surface area contributed by atoms with Crippen molar-refractivity contribution in [3.8, 4) is 17.2 Å². The van der Waals surface area contributed by atoms with Gasteiger partial charge >= 0.3 is 5.97 Å². The minimum atomic E-state index is -0.746. The summed E-state index contributed by atoms with van der Waals surface area (Å²) in [4.78, 5) is 13.4. The van der Waals surface area contributed by atoms with Gasteiger partial charge in [-0.05, 0) is 95.8 Å². The molecule has 36 heavy (non-hydrogen) atoms. The first kappa shape index (κ1) is 24.2. The van der Waals surface area contributed by atoms with Gasteiger partial charge in [0.25, 0.3) is 0 Å². The van der Waals surface area contributed by atoms with Crippen LogP contribution in [0.5, 0.6) is 11.5 Å². The molecule has 2 N–H and O–H groups in total. The molecule has 3 aromatic rings. The Morgan fingerprint density at radius 1 is 1.11 bits per heavy atom. The van der Waals surface area contributed by atoms with E-state index < -0.39 is 11.6 Å². The number of aromatic hydroxyl groups is 1. The van der Waals surface area contributed by atoms with Gasteiger partial charge in [0.2, 0.25) is 5.16 Å². The maximum Gasteiger partial charge on any atom is 0.349 e. The van der Waals surface area contributed by atoms with Crippen LogP contribution in [0.3, 0.4) is 0 Å². The van der Waals surface area contributed by atoms with E-state index in [0.29, 0.717) is 17.3 Å². The van der Waals surface area contributed by atoms with Gasteiger partial charge in [-0.1, -0.05) is 25.0 Å². The van der Waals surface area contributed by atoms with Crippen molar-refractivity contribution >= 4 is 17.7 Å². The molecular formula is C26H28N4O5S. The second-order valence-corrected chi connectivity index (χ2v) is 10.2. The third-order valence-corrected chi connectivity index (χ3v) is 8.08. The van der Waals surface area contributed by atoms with Gasteiger partial charge in [0.1, 0.15) is 27.8 Å². The van der Waals surface area contributed by atoms with Crippen LogP contribution in [-0.4, -0.2) is 49.1 Å². The molecule has 1 unspecified atom stereocenters. The first-order valence-electron chi connectivity index (χ1n) is 12.0. The van der Waals surface area contributed by atoms with Crippen molar-refractivity contribution in [2.45, 2.75) is 55.7 Å². The molecule has 1 aliphatic heterocycles. The number of rotatable bonds is 8. The van der Waals surface area contributed by atoms with E-state index in [9.17, 15) is 15.0 Å². The van der Waals surface area contributed by atoms with Crippen LogP contribution in [-0.2, 0) is 16.0 Å². The smallest absolute Gasteiger partial charge is 0.349 e. The Morgan fingerprint density at radius 3 is 2.50 bits per heavy atom. The molecule has 0 spiro atoms. The predicted octanol–water partition coefficient (Wildman–Crippen LogP) is 4.75. The molecule has 10 heteroatoms. The van der Waals surface area contributed by atoms with Gasteiger partial charge in [0, 0.05) is 6.42 Å². The Labute approximate surface area is 213 Å². The van der Waals surface area contributed by atoms with Gasteiger partial charge in [0.15, 0.2) is 0 Å². The molecule has 0 bridgehead atoms. The van der Waals surface area contributed by atoms with Crippen LogP contribution in [0.15, 0.2) is 64.4 Å². The van der Waals surface area contributed by atoms with Crippen molar-refractivity contribution < 1.29 is 24.5 Å². The van der Waals surface area contributed by atoms with Crippen LogP contribution in [0.25, 0.3) is 5.69 Å². The molecule has 188 valence electrons. The molecule has 2 aromatic carbocycles. The topological polar surface area (TPSA) is 120 Å². The Kier molecular flexibility index (Phi) is 6.86. The van der Waals surface area contributed by atoms with Gasteiger partial charge < -0.3 is 19.7 Å². The Balaban J connectivity index is 1.38. The van der Waals surface area contributed by atoms with E-state index in [1.807, 2.05) is 24.3 Å². The highest BCUT2D eigenvalue weighted by Gasteiger charge is 2.48. The molecule has 1 aromatic heterocycles. The Bertz CT molecular complexity index is 1250. The first-order valence-corrected chi connectivity index (χ1v) is 12.8.